The lowest BCUT2D eigenvalue weighted by molar-refractivity contribution is 1.31. The maximum Gasteiger partial charge on any atom is 0.243 e. The van der Waals surface area contributed by atoms with Crippen LogP contribution in [-0.2, 0) is 11.8 Å². The van der Waals surface area contributed by atoms with Gasteiger partial charge in [0.2, 0.25) is 6.71 Å². The Kier molecular flexibility index (Phi) is 6.46. The molecule has 0 aliphatic carbocycles. The Morgan fingerprint density at radius 1 is 0.710 bits per heavy atom. The second-order valence-corrected chi connectivity index (χ2v) is 9.04. The quantitative estimate of drug-likeness (QED) is 0.267. The highest BCUT2D eigenvalue weighted by molar-refractivity contribution is 6.96. The second-order valence-electron chi connectivity index (χ2n) is 8.51. The van der Waals surface area contributed by atoms with Crippen molar-refractivity contribution in [1.29, 1.82) is 0 Å². The summed E-state index contributed by atoms with van der Waals surface area (Å²) >= 11 is 13.0. The van der Waals surface area contributed by atoms with Crippen molar-refractivity contribution in [3.8, 4) is 0 Å². The van der Waals surface area contributed by atoms with Crippen LogP contribution in [0.15, 0.2) is 60.7 Å². The van der Waals surface area contributed by atoms with Gasteiger partial charge >= 0.3 is 0 Å². The Bertz CT molecular complexity index is 1200. The van der Waals surface area contributed by atoms with Gasteiger partial charge in [-0.15, -0.1) is 23.2 Å². The summed E-state index contributed by atoms with van der Waals surface area (Å²) in [6.45, 7) is 8.66. The molecule has 0 aliphatic rings. The molecule has 0 bridgehead atoms. The average Bonchev–Trinajstić information content (AvgIpc) is 2.75. The molecule has 0 fully saturated rings. The largest absolute Gasteiger partial charge is 0.243 e. The maximum atomic E-state index is 6.49. The standard InChI is InChI=1S/C28H26BCl2/c1-18-11-20(3)27(24(13-18)16-30)29(28-21(4)12-19(2)14-25(28)17-31)26-10-9-22-7-5-6-8-23(22)15-26/h5-14H,16-17H2,1-4H3. The fourth-order valence-electron chi connectivity index (χ4n) is 4.94. The Morgan fingerprint density at radius 3 is 1.81 bits per heavy atom. The van der Waals surface area contributed by atoms with Gasteiger partial charge < -0.3 is 0 Å². The zero-order valence-electron chi connectivity index (χ0n) is 18.5. The summed E-state index contributed by atoms with van der Waals surface area (Å²) < 4.78 is 0. The van der Waals surface area contributed by atoms with Crippen LogP contribution >= 0.6 is 23.2 Å². The normalized spacial score (nSPS) is 11.2. The van der Waals surface area contributed by atoms with Gasteiger partial charge in [-0.2, -0.15) is 0 Å². The van der Waals surface area contributed by atoms with Crippen molar-refractivity contribution in [2.75, 3.05) is 0 Å². The molecule has 0 unspecified atom stereocenters. The van der Waals surface area contributed by atoms with Crippen LogP contribution < -0.4 is 16.4 Å². The highest BCUT2D eigenvalue weighted by atomic mass is 35.5. The van der Waals surface area contributed by atoms with Crippen molar-refractivity contribution in [3.05, 3.63) is 100 Å². The van der Waals surface area contributed by atoms with Crippen molar-refractivity contribution in [3.63, 3.8) is 0 Å². The Hall–Kier alpha value is -2.22. The summed E-state index contributed by atoms with van der Waals surface area (Å²) in [5.74, 6) is 0.950. The van der Waals surface area contributed by atoms with Gasteiger partial charge in [-0.1, -0.05) is 99.3 Å². The first kappa shape index (κ1) is 22.0. The third kappa shape index (κ3) is 4.27. The van der Waals surface area contributed by atoms with Crippen LogP contribution in [0.5, 0.6) is 0 Å². The molecule has 31 heavy (non-hydrogen) atoms. The number of hydrogen-bond acceptors (Lipinski definition) is 0. The SMILES string of the molecule is Cc1cc(C)c(B(c2[c]c3ccccc3cc2)c2c(C)cc(C)cc2CCl)c(CCl)c1. The Balaban J connectivity index is 2.08. The number of fused-ring (bicyclic) bond motifs is 1. The maximum absolute atomic E-state index is 6.49. The van der Waals surface area contributed by atoms with Crippen LogP contribution in [0.25, 0.3) is 10.8 Å². The summed E-state index contributed by atoms with van der Waals surface area (Å²) in [6, 6.07) is 25.5. The fraction of sp³-hybridized carbons (Fsp3) is 0.214. The molecule has 4 aromatic carbocycles. The van der Waals surface area contributed by atoms with Crippen LogP contribution in [-0.4, -0.2) is 6.71 Å². The number of benzene rings is 4. The van der Waals surface area contributed by atoms with E-state index >= 15 is 0 Å². The van der Waals surface area contributed by atoms with Crippen LogP contribution in [0.2, 0.25) is 0 Å². The lowest BCUT2D eigenvalue weighted by Gasteiger charge is -2.25. The van der Waals surface area contributed by atoms with Crippen molar-refractivity contribution in [2.45, 2.75) is 39.5 Å². The summed E-state index contributed by atoms with van der Waals surface area (Å²) in [6.07, 6.45) is 0. The van der Waals surface area contributed by atoms with Crippen molar-refractivity contribution < 1.29 is 0 Å². The van der Waals surface area contributed by atoms with Crippen LogP contribution in [0.1, 0.15) is 33.4 Å². The third-order valence-corrected chi connectivity index (χ3v) is 6.67. The first-order chi connectivity index (χ1) is 14.9. The van der Waals surface area contributed by atoms with E-state index < -0.39 is 0 Å². The molecule has 0 nitrogen and oxygen atoms in total. The van der Waals surface area contributed by atoms with E-state index in [1.807, 2.05) is 0 Å². The smallest absolute Gasteiger partial charge is 0.122 e. The van der Waals surface area contributed by atoms with Crippen molar-refractivity contribution in [1.82, 2.24) is 0 Å². The molecule has 0 atom stereocenters. The molecule has 4 rings (SSSR count). The van der Waals surface area contributed by atoms with E-state index in [0.717, 1.165) is 10.8 Å². The minimum absolute atomic E-state index is 0.0216. The van der Waals surface area contributed by atoms with Crippen molar-refractivity contribution in [2.24, 2.45) is 0 Å². The lowest BCUT2D eigenvalue weighted by atomic mass is 9.34. The van der Waals surface area contributed by atoms with E-state index in [-0.39, 0.29) is 6.71 Å². The fourth-order valence-corrected chi connectivity index (χ4v) is 5.38. The number of rotatable bonds is 5. The molecule has 0 spiro atoms. The Morgan fingerprint density at radius 2 is 1.26 bits per heavy atom. The molecule has 1 radical (unpaired) electrons. The predicted molar refractivity (Wildman–Crippen MR) is 138 cm³/mol. The lowest BCUT2D eigenvalue weighted by Crippen LogP contribution is -2.56. The first-order valence-electron chi connectivity index (χ1n) is 10.7. The highest BCUT2D eigenvalue weighted by Crippen LogP contribution is 2.17. The molecule has 3 heteroatoms. The van der Waals surface area contributed by atoms with E-state index in [1.54, 1.807) is 0 Å². The minimum Gasteiger partial charge on any atom is -0.122 e. The molecule has 0 saturated heterocycles. The van der Waals surface area contributed by atoms with Gasteiger partial charge in [-0.05, 0) is 55.7 Å². The molecule has 0 aliphatic heterocycles. The number of alkyl halides is 2. The van der Waals surface area contributed by atoms with E-state index in [9.17, 15) is 0 Å². The van der Waals surface area contributed by atoms with Gasteiger partial charge in [-0.25, -0.2) is 0 Å². The number of halogens is 2. The molecule has 0 aromatic heterocycles. The molecular formula is C28H26BCl2. The van der Waals surface area contributed by atoms with Gasteiger partial charge in [0, 0.05) is 11.8 Å². The van der Waals surface area contributed by atoms with Gasteiger partial charge in [0.05, 0.1) is 0 Å². The summed E-state index contributed by atoms with van der Waals surface area (Å²) in [5.41, 5.74) is 11.0. The average molecular weight is 444 g/mol. The zero-order valence-corrected chi connectivity index (χ0v) is 20.0. The molecule has 155 valence electrons. The topological polar surface area (TPSA) is 0 Å². The second kappa shape index (κ2) is 9.11. The monoisotopic (exact) mass is 443 g/mol. The van der Waals surface area contributed by atoms with Gasteiger partial charge in [0.1, 0.15) is 0 Å². The molecule has 0 saturated carbocycles. The summed E-state index contributed by atoms with van der Waals surface area (Å²) in [4.78, 5) is 0. The van der Waals surface area contributed by atoms with Crippen LogP contribution in [0, 0.1) is 33.8 Å². The minimum atomic E-state index is 0.0216. The van der Waals surface area contributed by atoms with Gasteiger partial charge in [0.25, 0.3) is 0 Å². The van der Waals surface area contributed by atoms with E-state index in [4.69, 9.17) is 23.2 Å². The predicted octanol–water partition coefficient (Wildman–Crippen LogP) is 5.87. The molecule has 4 aromatic rings. The van der Waals surface area contributed by atoms with Gasteiger partial charge in [0.15, 0.2) is 0 Å². The molecular weight excluding hydrogens is 418 g/mol. The Labute approximate surface area is 196 Å². The molecule has 0 amide bonds. The summed E-state index contributed by atoms with van der Waals surface area (Å²) in [7, 11) is 0. The highest BCUT2D eigenvalue weighted by Gasteiger charge is 2.30. The van der Waals surface area contributed by atoms with Crippen LogP contribution in [0.4, 0.5) is 0 Å². The van der Waals surface area contributed by atoms with Gasteiger partial charge in [-0.3, -0.25) is 0 Å². The number of aryl methyl sites for hydroxylation is 4. The van der Waals surface area contributed by atoms with E-state index in [2.05, 4.69) is 94.4 Å². The summed E-state index contributed by atoms with van der Waals surface area (Å²) in [5, 5.41) is 2.32. The van der Waals surface area contributed by atoms with Crippen molar-refractivity contribution >= 4 is 57.1 Å². The molecule has 0 N–H and O–H groups in total. The zero-order chi connectivity index (χ0) is 22.1. The van der Waals surface area contributed by atoms with E-state index in [1.165, 1.54) is 49.7 Å². The first-order valence-corrected chi connectivity index (χ1v) is 11.7. The van der Waals surface area contributed by atoms with E-state index in [0.29, 0.717) is 11.8 Å². The third-order valence-electron chi connectivity index (χ3n) is 6.09. The molecule has 0 heterocycles. The number of hydrogen-bond donors (Lipinski definition) is 0. The van der Waals surface area contributed by atoms with Crippen LogP contribution in [0.3, 0.4) is 0 Å².